The van der Waals surface area contributed by atoms with Crippen LogP contribution in [0, 0.1) is 0 Å². The molecule has 1 aromatic heterocycles. The largest absolute Gasteiger partial charge is 0.378 e. The molecule has 1 unspecified atom stereocenters. The van der Waals surface area contributed by atoms with Crippen molar-refractivity contribution in [3.63, 3.8) is 0 Å². The van der Waals surface area contributed by atoms with Crippen molar-refractivity contribution in [1.82, 2.24) is 10.3 Å². The second-order valence-electron chi connectivity index (χ2n) is 6.53. The number of benzene rings is 1. The number of hydrogen-bond acceptors (Lipinski definition) is 4. The van der Waals surface area contributed by atoms with Gasteiger partial charge in [0.15, 0.2) is 0 Å². The van der Waals surface area contributed by atoms with Gasteiger partial charge in [0, 0.05) is 18.1 Å². The van der Waals surface area contributed by atoms with Crippen molar-refractivity contribution in [2.75, 3.05) is 36.5 Å². The minimum absolute atomic E-state index is 0.00916. The van der Waals surface area contributed by atoms with Crippen LogP contribution in [0.3, 0.4) is 0 Å². The summed E-state index contributed by atoms with van der Waals surface area (Å²) in [6.45, 7) is 3.19. The maximum absolute atomic E-state index is 12.3. The lowest BCUT2D eigenvalue weighted by Gasteiger charge is -2.28. The molecule has 2 N–H and O–H groups in total. The minimum atomic E-state index is -0.246. The number of ether oxygens (including phenoxy) is 1. The summed E-state index contributed by atoms with van der Waals surface area (Å²) >= 11 is 6.03. The quantitative estimate of drug-likeness (QED) is 0.866. The Morgan fingerprint density at radius 2 is 2.08 bits per heavy atom. The van der Waals surface area contributed by atoms with Gasteiger partial charge in [-0.3, -0.25) is 5.32 Å². The molecule has 1 aromatic carbocycles. The molecular weight excluding hydrogens is 352 g/mol. The van der Waals surface area contributed by atoms with Crippen LogP contribution in [0.1, 0.15) is 23.6 Å². The summed E-state index contributed by atoms with van der Waals surface area (Å²) in [7, 11) is 0. The van der Waals surface area contributed by atoms with Crippen molar-refractivity contribution in [3.8, 4) is 0 Å². The number of morpholine rings is 1. The number of anilines is 2. The number of urea groups is 1. The van der Waals surface area contributed by atoms with Gasteiger partial charge in [0.1, 0.15) is 5.82 Å². The average molecular weight is 373 g/mol. The third-order valence-corrected chi connectivity index (χ3v) is 5.09. The number of nitrogens with zero attached hydrogens (tertiary/aromatic N) is 2. The lowest BCUT2D eigenvalue weighted by atomic mass is 10.1. The lowest BCUT2D eigenvalue weighted by Crippen LogP contribution is -2.36. The average Bonchev–Trinajstić information content (AvgIpc) is 3.04. The van der Waals surface area contributed by atoms with E-state index >= 15 is 0 Å². The van der Waals surface area contributed by atoms with Crippen LogP contribution in [0.2, 0.25) is 5.02 Å². The molecule has 6 nitrogen and oxygen atoms in total. The van der Waals surface area contributed by atoms with E-state index in [-0.39, 0.29) is 12.1 Å². The molecule has 1 aliphatic heterocycles. The number of amides is 2. The Morgan fingerprint density at radius 3 is 2.85 bits per heavy atom. The molecule has 0 saturated carbocycles. The minimum Gasteiger partial charge on any atom is -0.378 e. The van der Waals surface area contributed by atoms with Crippen LogP contribution in [0.5, 0.6) is 0 Å². The second kappa shape index (κ2) is 7.51. The molecule has 26 heavy (non-hydrogen) atoms. The molecule has 4 rings (SSSR count). The van der Waals surface area contributed by atoms with E-state index in [1.807, 2.05) is 30.3 Å². The maximum Gasteiger partial charge on any atom is 0.320 e. The monoisotopic (exact) mass is 372 g/mol. The van der Waals surface area contributed by atoms with Crippen LogP contribution >= 0.6 is 11.6 Å². The molecule has 136 valence electrons. The highest BCUT2D eigenvalue weighted by Gasteiger charge is 2.24. The SMILES string of the molecule is O=C(Nc1ccc(N2CCOCC2)cn1)NC1CCc2cc(Cl)ccc21. The second-order valence-corrected chi connectivity index (χ2v) is 6.97. The van der Waals surface area contributed by atoms with Crippen LogP contribution in [-0.4, -0.2) is 37.3 Å². The fraction of sp³-hybridized carbons (Fsp3) is 0.368. The molecule has 0 radical (unpaired) electrons. The molecule has 0 spiro atoms. The van der Waals surface area contributed by atoms with Crippen LogP contribution in [0.25, 0.3) is 0 Å². The van der Waals surface area contributed by atoms with Gasteiger partial charge in [-0.25, -0.2) is 9.78 Å². The number of nitrogens with one attached hydrogen (secondary N) is 2. The van der Waals surface area contributed by atoms with Crippen molar-refractivity contribution in [3.05, 3.63) is 52.7 Å². The Morgan fingerprint density at radius 1 is 1.23 bits per heavy atom. The highest BCUT2D eigenvalue weighted by Crippen LogP contribution is 2.32. The number of pyridine rings is 1. The lowest BCUT2D eigenvalue weighted by molar-refractivity contribution is 0.122. The molecule has 2 aromatic rings. The number of carbonyl (C=O) groups is 1. The fourth-order valence-corrected chi connectivity index (χ4v) is 3.71. The van der Waals surface area contributed by atoms with E-state index in [2.05, 4.69) is 20.5 Å². The molecule has 1 saturated heterocycles. The van der Waals surface area contributed by atoms with Gasteiger partial charge in [0.2, 0.25) is 0 Å². The first-order chi connectivity index (χ1) is 12.7. The Labute approximate surface area is 157 Å². The first kappa shape index (κ1) is 17.1. The Kier molecular flexibility index (Phi) is 4.95. The molecule has 2 amide bonds. The van der Waals surface area contributed by atoms with Crippen LogP contribution in [-0.2, 0) is 11.2 Å². The normalized spacial score (nSPS) is 19.1. The van der Waals surface area contributed by atoms with E-state index in [9.17, 15) is 4.79 Å². The first-order valence-electron chi connectivity index (χ1n) is 8.83. The van der Waals surface area contributed by atoms with E-state index in [1.165, 1.54) is 5.56 Å². The van der Waals surface area contributed by atoms with Gasteiger partial charge in [-0.15, -0.1) is 0 Å². The first-order valence-corrected chi connectivity index (χ1v) is 9.21. The number of rotatable bonds is 3. The van der Waals surface area contributed by atoms with Crippen LogP contribution < -0.4 is 15.5 Å². The molecule has 1 aliphatic carbocycles. The Bertz CT molecular complexity index is 791. The molecule has 1 atom stereocenters. The van der Waals surface area contributed by atoms with Gasteiger partial charge in [0.05, 0.1) is 31.1 Å². The molecular formula is C19H21ClN4O2. The topological polar surface area (TPSA) is 66.5 Å². The molecule has 0 bridgehead atoms. The predicted molar refractivity (Wildman–Crippen MR) is 102 cm³/mol. The van der Waals surface area contributed by atoms with E-state index < -0.39 is 0 Å². The highest BCUT2D eigenvalue weighted by atomic mass is 35.5. The van der Waals surface area contributed by atoms with E-state index in [0.29, 0.717) is 5.82 Å². The van der Waals surface area contributed by atoms with Crippen molar-refractivity contribution < 1.29 is 9.53 Å². The van der Waals surface area contributed by atoms with Gasteiger partial charge < -0.3 is 15.0 Å². The summed E-state index contributed by atoms with van der Waals surface area (Å²) in [5, 5.41) is 6.57. The summed E-state index contributed by atoms with van der Waals surface area (Å²) < 4.78 is 5.36. The number of hydrogen-bond donors (Lipinski definition) is 2. The summed E-state index contributed by atoms with van der Waals surface area (Å²) in [6.07, 6.45) is 3.59. The summed E-state index contributed by atoms with van der Waals surface area (Å²) in [5.74, 6) is 0.536. The van der Waals surface area contributed by atoms with E-state index in [1.54, 1.807) is 6.20 Å². The number of carbonyl (C=O) groups excluding carboxylic acids is 1. The number of aryl methyl sites for hydroxylation is 1. The van der Waals surface area contributed by atoms with Crippen molar-refractivity contribution in [2.24, 2.45) is 0 Å². The van der Waals surface area contributed by atoms with Gasteiger partial charge in [-0.1, -0.05) is 17.7 Å². The predicted octanol–water partition coefficient (Wildman–Crippen LogP) is 3.38. The van der Waals surface area contributed by atoms with Crippen LogP contribution in [0.4, 0.5) is 16.3 Å². The third kappa shape index (κ3) is 3.76. The molecule has 1 fully saturated rings. The highest BCUT2D eigenvalue weighted by molar-refractivity contribution is 6.30. The summed E-state index contributed by atoms with van der Waals surface area (Å²) in [5.41, 5.74) is 3.39. The molecule has 2 aliphatic rings. The Hall–Kier alpha value is -2.31. The van der Waals surface area contributed by atoms with Crippen molar-refractivity contribution in [1.29, 1.82) is 0 Å². The smallest absolute Gasteiger partial charge is 0.320 e. The fourth-order valence-electron chi connectivity index (χ4n) is 3.52. The third-order valence-electron chi connectivity index (χ3n) is 4.85. The van der Waals surface area contributed by atoms with E-state index in [4.69, 9.17) is 16.3 Å². The summed E-state index contributed by atoms with van der Waals surface area (Å²) in [6, 6.07) is 9.39. The number of fused-ring (bicyclic) bond motifs is 1. The summed E-state index contributed by atoms with van der Waals surface area (Å²) in [4.78, 5) is 18.9. The van der Waals surface area contributed by atoms with Gasteiger partial charge >= 0.3 is 6.03 Å². The zero-order valence-corrected chi connectivity index (χ0v) is 15.1. The standard InChI is InChI=1S/C19H21ClN4O2/c20-14-2-4-16-13(11-14)1-5-17(16)22-19(25)23-18-6-3-15(12-21-18)24-7-9-26-10-8-24/h2-4,6,11-12,17H,1,5,7-10H2,(H2,21,22,23,25). The molecule has 7 heteroatoms. The van der Waals surface area contributed by atoms with Crippen molar-refractivity contribution >= 4 is 29.1 Å². The number of halogens is 1. The maximum atomic E-state index is 12.3. The Balaban J connectivity index is 1.35. The van der Waals surface area contributed by atoms with Gasteiger partial charge in [-0.2, -0.15) is 0 Å². The zero-order valence-electron chi connectivity index (χ0n) is 14.4. The number of aromatic nitrogens is 1. The van der Waals surface area contributed by atoms with Crippen molar-refractivity contribution in [2.45, 2.75) is 18.9 Å². The zero-order chi connectivity index (χ0) is 17.9. The van der Waals surface area contributed by atoms with Gasteiger partial charge in [-0.05, 0) is 48.2 Å². The molecule has 2 heterocycles. The van der Waals surface area contributed by atoms with Gasteiger partial charge in [0.25, 0.3) is 0 Å². The van der Waals surface area contributed by atoms with E-state index in [0.717, 1.165) is 55.4 Å². The van der Waals surface area contributed by atoms with Crippen LogP contribution in [0.15, 0.2) is 36.5 Å².